The summed E-state index contributed by atoms with van der Waals surface area (Å²) >= 11 is 1.43. The molecule has 8 nitrogen and oxygen atoms in total. The number of amides is 1. The summed E-state index contributed by atoms with van der Waals surface area (Å²) in [5, 5.41) is 0. The van der Waals surface area contributed by atoms with Gasteiger partial charge in [-0.05, 0) is 30.3 Å². The second kappa shape index (κ2) is 9.67. The van der Waals surface area contributed by atoms with E-state index in [9.17, 15) is 9.59 Å². The van der Waals surface area contributed by atoms with Gasteiger partial charge in [0.2, 0.25) is 0 Å². The molecule has 0 N–H and O–H groups in total. The molecule has 9 heteroatoms. The first-order chi connectivity index (χ1) is 15.1. The summed E-state index contributed by atoms with van der Waals surface area (Å²) < 4.78 is 16.2. The minimum absolute atomic E-state index is 0.0326. The van der Waals surface area contributed by atoms with Crippen LogP contribution in [0.2, 0.25) is 0 Å². The van der Waals surface area contributed by atoms with E-state index >= 15 is 0 Å². The van der Waals surface area contributed by atoms with Gasteiger partial charge in [0.1, 0.15) is 18.5 Å². The van der Waals surface area contributed by atoms with E-state index < -0.39 is 5.97 Å². The van der Waals surface area contributed by atoms with Crippen molar-refractivity contribution in [1.82, 2.24) is 14.9 Å². The first kappa shape index (κ1) is 21.0. The number of thiophene rings is 1. The molecule has 1 aliphatic heterocycles. The molecule has 1 saturated heterocycles. The highest BCUT2D eigenvalue weighted by Gasteiger charge is 2.26. The number of hydrogen-bond donors (Lipinski definition) is 0. The molecule has 0 aromatic carbocycles. The first-order valence-electron chi connectivity index (χ1n) is 9.72. The molecule has 31 heavy (non-hydrogen) atoms. The smallest absolute Gasteiger partial charge is 0.339 e. The second-order valence-electron chi connectivity index (χ2n) is 6.83. The van der Waals surface area contributed by atoms with Gasteiger partial charge in [0.15, 0.2) is 0 Å². The van der Waals surface area contributed by atoms with E-state index in [1.165, 1.54) is 30.8 Å². The number of pyridine rings is 2. The standard InChI is InChI=1S/C22H21N3O5S/c1-28-22(27)15-10-16(12-23-11-15)30-14-17-13-25(8-9-29-17)21(26)20-6-5-19(31-20)18-4-2-3-7-24-18/h2-7,10-12,17H,8-9,13-14H2,1H3. The average Bonchev–Trinajstić information content (AvgIpc) is 3.33. The minimum atomic E-state index is -0.482. The van der Waals surface area contributed by atoms with Gasteiger partial charge >= 0.3 is 5.97 Å². The van der Waals surface area contributed by atoms with Crippen LogP contribution >= 0.6 is 11.3 Å². The Morgan fingerprint density at radius 2 is 2.16 bits per heavy atom. The fraction of sp³-hybridized carbons (Fsp3) is 0.273. The van der Waals surface area contributed by atoms with Crippen LogP contribution in [0.15, 0.2) is 55.0 Å². The van der Waals surface area contributed by atoms with Gasteiger partial charge in [-0.1, -0.05) is 6.07 Å². The van der Waals surface area contributed by atoms with Crippen molar-refractivity contribution < 1.29 is 23.8 Å². The third-order valence-corrected chi connectivity index (χ3v) is 5.83. The van der Waals surface area contributed by atoms with Gasteiger partial charge in [0.05, 0.1) is 47.5 Å². The van der Waals surface area contributed by atoms with E-state index in [0.29, 0.717) is 35.9 Å². The van der Waals surface area contributed by atoms with Crippen molar-refractivity contribution in [2.45, 2.75) is 6.10 Å². The SMILES string of the molecule is COC(=O)c1cncc(OCC2CN(C(=O)c3ccc(-c4ccccn4)s3)CCO2)c1. The van der Waals surface area contributed by atoms with Gasteiger partial charge in [-0.3, -0.25) is 14.8 Å². The van der Waals surface area contributed by atoms with Crippen LogP contribution in [0, 0.1) is 0 Å². The molecule has 0 bridgehead atoms. The van der Waals surface area contributed by atoms with Crippen LogP contribution in [0.3, 0.4) is 0 Å². The van der Waals surface area contributed by atoms with Gasteiger partial charge < -0.3 is 19.1 Å². The second-order valence-corrected chi connectivity index (χ2v) is 7.92. The van der Waals surface area contributed by atoms with E-state index in [1.807, 2.05) is 30.3 Å². The lowest BCUT2D eigenvalue weighted by Crippen LogP contribution is -2.47. The number of aromatic nitrogens is 2. The quantitative estimate of drug-likeness (QED) is 0.546. The van der Waals surface area contributed by atoms with Crippen LogP contribution in [-0.4, -0.2) is 66.3 Å². The Morgan fingerprint density at radius 3 is 2.97 bits per heavy atom. The van der Waals surface area contributed by atoms with Crippen molar-refractivity contribution in [3.05, 3.63) is 65.4 Å². The number of esters is 1. The van der Waals surface area contributed by atoms with E-state index in [4.69, 9.17) is 14.2 Å². The lowest BCUT2D eigenvalue weighted by molar-refractivity contribution is -0.0400. The molecular weight excluding hydrogens is 418 g/mol. The summed E-state index contributed by atoms with van der Waals surface area (Å²) in [5.41, 5.74) is 1.16. The normalized spacial score (nSPS) is 16.0. The molecule has 0 saturated carbocycles. The van der Waals surface area contributed by atoms with Crippen molar-refractivity contribution in [3.63, 3.8) is 0 Å². The van der Waals surface area contributed by atoms with Crippen molar-refractivity contribution in [1.29, 1.82) is 0 Å². The summed E-state index contributed by atoms with van der Waals surface area (Å²) in [6.07, 6.45) is 4.38. The molecule has 4 heterocycles. The largest absolute Gasteiger partial charge is 0.489 e. The number of carbonyl (C=O) groups excluding carboxylic acids is 2. The van der Waals surface area contributed by atoms with Crippen LogP contribution in [0.1, 0.15) is 20.0 Å². The number of ether oxygens (including phenoxy) is 3. The Bertz CT molecular complexity index is 1060. The summed E-state index contributed by atoms with van der Waals surface area (Å²) in [7, 11) is 1.31. The molecule has 0 spiro atoms. The topological polar surface area (TPSA) is 90.9 Å². The molecule has 0 aliphatic carbocycles. The van der Waals surface area contributed by atoms with Gasteiger partial charge in [-0.2, -0.15) is 0 Å². The number of nitrogens with zero attached hydrogens (tertiary/aromatic N) is 3. The maximum absolute atomic E-state index is 13.0. The third-order valence-electron chi connectivity index (χ3n) is 4.73. The Morgan fingerprint density at radius 1 is 1.26 bits per heavy atom. The summed E-state index contributed by atoms with van der Waals surface area (Å²) in [5.74, 6) is -0.0762. The van der Waals surface area contributed by atoms with Crippen molar-refractivity contribution in [2.75, 3.05) is 33.4 Å². The van der Waals surface area contributed by atoms with Crippen molar-refractivity contribution >= 4 is 23.2 Å². The number of morpholine rings is 1. The molecule has 3 aromatic heterocycles. The van der Waals surface area contributed by atoms with E-state index in [1.54, 1.807) is 17.2 Å². The molecule has 160 valence electrons. The minimum Gasteiger partial charge on any atom is -0.489 e. The highest BCUT2D eigenvalue weighted by Crippen LogP contribution is 2.27. The lowest BCUT2D eigenvalue weighted by atomic mass is 10.2. The zero-order chi connectivity index (χ0) is 21.6. The molecule has 4 rings (SSSR count). The molecule has 3 aromatic rings. The van der Waals surface area contributed by atoms with Crippen LogP contribution in [0.25, 0.3) is 10.6 Å². The van der Waals surface area contributed by atoms with Gasteiger partial charge in [-0.25, -0.2) is 4.79 Å². The lowest BCUT2D eigenvalue weighted by Gasteiger charge is -2.32. The molecular formula is C22H21N3O5S. The maximum Gasteiger partial charge on any atom is 0.339 e. The van der Waals surface area contributed by atoms with Crippen LogP contribution in [0.5, 0.6) is 5.75 Å². The van der Waals surface area contributed by atoms with Crippen LogP contribution in [0.4, 0.5) is 0 Å². The predicted molar refractivity (Wildman–Crippen MR) is 114 cm³/mol. The third kappa shape index (κ3) is 5.07. The zero-order valence-electron chi connectivity index (χ0n) is 16.9. The van der Waals surface area contributed by atoms with Crippen LogP contribution in [-0.2, 0) is 9.47 Å². The fourth-order valence-corrected chi connectivity index (χ4v) is 4.13. The van der Waals surface area contributed by atoms with Gasteiger partial charge in [0, 0.05) is 18.9 Å². The number of carbonyl (C=O) groups is 2. The van der Waals surface area contributed by atoms with Gasteiger partial charge in [0.25, 0.3) is 5.91 Å². The fourth-order valence-electron chi connectivity index (χ4n) is 3.18. The number of hydrogen-bond acceptors (Lipinski definition) is 8. The Labute approximate surface area is 183 Å². The molecule has 1 fully saturated rings. The molecule has 1 atom stereocenters. The molecule has 1 aliphatic rings. The van der Waals surface area contributed by atoms with E-state index in [0.717, 1.165) is 10.6 Å². The van der Waals surface area contributed by atoms with Crippen LogP contribution < -0.4 is 4.74 Å². The summed E-state index contributed by atoms with van der Waals surface area (Å²) in [6, 6.07) is 11.0. The predicted octanol–water partition coefficient (Wildman–Crippen LogP) is 2.91. The monoisotopic (exact) mass is 439 g/mol. The van der Waals surface area contributed by atoms with E-state index in [2.05, 4.69) is 9.97 Å². The number of rotatable bonds is 6. The highest BCUT2D eigenvalue weighted by molar-refractivity contribution is 7.17. The Balaban J connectivity index is 1.36. The van der Waals surface area contributed by atoms with Gasteiger partial charge in [-0.15, -0.1) is 11.3 Å². The number of methoxy groups -OCH3 is 1. The summed E-state index contributed by atoms with van der Waals surface area (Å²) in [6.45, 7) is 1.60. The molecule has 0 radical (unpaired) electrons. The van der Waals surface area contributed by atoms with Crippen molar-refractivity contribution in [3.8, 4) is 16.3 Å². The zero-order valence-corrected chi connectivity index (χ0v) is 17.7. The molecule has 1 unspecified atom stereocenters. The van der Waals surface area contributed by atoms with Crippen molar-refractivity contribution in [2.24, 2.45) is 0 Å². The highest BCUT2D eigenvalue weighted by atomic mass is 32.1. The maximum atomic E-state index is 13.0. The Kier molecular flexibility index (Phi) is 6.54. The average molecular weight is 439 g/mol. The first-order valence-corrected chi connectivity index (χ1v) is 10.5. The summed E-state index contributed by atoms with van der Waals surface area (Å²) in [4.78, 5) is 36.3. The van der Waals surface area contributed by atoms with E-state index in [-0.39, 0.29) is 18.6 Å². The Hall–Kier alpha value is -3.30. The molecule has 1 amide bonds.